The number of nitrogens with two attached hydrogens (primary N) is 1. The van der Waals surface area contributed by atoms with Gasteiger partial charge in [0.1, 0.15) is 5.76 Å². The smallest absolute Gasteiger partial charge is 0.284 e. The topological polar surface area (TPSA) is 118 Å². The Kier molecular flexibility index (Phi) is 5.27. The van der Waals surface area contributed by atoms with E-state index in [1.54, 1.807) is 13.1 Å². The number of hydrogen-bond donors (Lipinski definition) is 2. The van der Waals surface area contributed by atoms with Crippen LogP contribution in [-0.4, -0.2) is 55.8 Å². The van der Waals surface area contributed by atoms with Gasteiger partial charge < -0.3 is 20.4 Å². The summed E-state index contributed by atoms with van der Waals surface area (Å²) in [5.74, 6) is 0.863. The molecule has 144 valence electrons. The fourth-order valence-corrected chi connectivity index (χ4v) is 6.08. The third kappa shape index (κ3) is 3.58. The van der Waals surface area contributed by atoms with Crippen LogP contribution in [0.25, 0.3) is 0 Å². The van der Waals surface area contributed by atoms with Crippen molar-refractivity contribution in [1.82, 2.24) is 10.2 Å². The maximum absolute atomic E-state index is 12.7. The minimum Gasteiger partial charge on any atom is -0.454 e. The molecule has 0 bridgehead atoms. The Balaban J connectivity index is 1.69. The second-order valence-corrected chi connectivity index (χ2v) is 9.52. The minimum absolute atomic E-state index is 0.113. The number of guanidine groups is 1. The highest BCUT2D eigenvalue weighted by atomic mass is 32.2. The fraction of sp³-hybridized carbons (Fsp3) is 0.647. The van der Waals surface area contributed by atoms with Crippen LogP contribution in [0, 0.1) is 0 Å². The van der Waals surface area contributed by atoms with Gasteiger partial charge in [-0.15, -0.1) is 0 Å². The molecule has 1 saturated carbocycles. The van der Waals surface area contributed by atoms with E-state index in [-0.39, 0.29) is 11.5 Å². The first-order valence-corrected chi connectivity index (χ1v) is 10.6. The molecule has 2 heterocycles. The molecular formula is C17H26N4O4S. The Morgan fingerprint density at radius 3 is 2.69 bits per heavy atom. The van der Waals surface area contributed by atoms with Crippen LogP contribution in [0.3, 0.4) is 0 Å². The molecule has 1 spiro atoms. The van der Waals surface area contributed by atoms with E-state index in [1.807, 2.05) is 4.90 Å². The predicted molar refractivity (Wildman–Crippen MR) is 98.6 cm³/mol. The van der Waals surface area contributed by atoms with Crippen LogP contribution >= 0.6 is 0 Å². The molecule has 26 heavy (non-hydrogen) atoms. The number of amides is 1. The lowest BCUT2D eigenvalue weighted by atomic mass is 9.87. The molecule has 9 heteroatoms. The molecular weight excluding hydrogens is 356 g/mol. The molecule has 1 aliphatic heterocycles. The highest BCUT2D eigenvalue weighted by Crippen LogP contribution is 2.38. The summed E-state index contributed by atoms with van der Waals surface area (Å²) in [4.78, 5) is 17.4. The van der Waals surface area contributed by atoms with Gasteiger partial charge in [-0.2, -0.15) is 0 Å². The SMILES string of the molecule is CN=C(NCc1ccc(C(N)=O)o1)N1CCS(=O)(=O)C2(CCCCC2)C1. The van der Waals surface area contributed by atoms with Crippen molar-refractivity contribution in [2.75, 3.05) is 25.9 Å². The summed E-state index contributed by atoms with van der Waals surface area (Å²) < 4.78 is 30.1. The average Bonchev–Trinajstić information content (AvgIpc) is 3.09. The lowest BCUT2D eigenvalue weighted by Gasteiger charge is -2.45. The highest BCUT2D eigenvalue weighted by Gasteiger charge is 2.48. The zero-order valence-corrected chi connectivity index (χ0v) is 15.8. The number of aliphatic imine (C=N–C) groups is 1. The first-order valence-electron chi connectivity index (χ1n) is 8.93. The number of carbonyl (C=O) groups excluding carboxylic acids is 1. The molecule has 0 atom stereocenters. The van der Waals surface area contributed by atoms with Crippen molar-refractivity contribution >= 4 is 21.7 Å². The first kappa shape index (κ1) is 18.8. The standard InChI is InChI=1S/C17H26N4O4S/c1-19-16(20-11-13-5-6-14(25-13)15(18)22)21-9-10-26(23,24)17(12-21)7-3-2-4-8-17/h5-6H,2-4,7-12H2,1H3,(H2,18,22)(H,19,20). The summed E-state index contributed by atoms with van der Waals surface area (Å²) in [6, 6.07) is 3.22. The number of hydrogen-bond acceptors (Lipinski definition) is 5. The van der Waals surface area contributed by atoms with Crippen LogP contribution in [0.1, 0.15) is 48.4 Å². The fourth-order valence-electron chi connectivity index (χ4n) is 3.92. The molecule has 0 aromatic carbocycles. The van der Waals surface area contributed by atoms with Gasteiger partial charge in [-0.25, -0.2) is 8.42 Å². The van der Waals surface area contributed by atoms with E-state index in [4.69, 9.17) is 10.2 Å². The first-order chi connectivity index (χ1) is 12.4. The molecule has 1 aromatic heterocycles. The van der Waals surface area contributed by atoms with Gasteiger partial charge in [-0.05, 0) is 25.0 Å². The van der Waals surface area contributed by atoms with Crippen molar-refractivity contribution in [1.29, 1.82) is 0 Å². The van der Waals surface area contributed by atoms with Crippen molar-refractivity contribution in [3.8, 4) is 0 Å². The Labute approximate surface area is 153 Å². The molecule has 2 aliphatic rings. The lowest BCUT2D eigenvalue weighted by Crippen LogP contribution is -2.60. The Morgan fingerprint density at radius 2 is 2.08 bits per heavy atom. The van der Waals surface area contributed by atoms with E-state index < -0.39 is 20.5 Å². The predicted octanol–water partition coefficient (Wildman–Crippen LogP) is 0.887. The highest BCUT2D eigenvalue weighted by molar-refractivity contribution is 7.92. The normalized spacial score (nSPS) is 22.3. The quantitative estimate of drug-likeness (QED) is 0.592. The summed E-state index contributed by atoms with van der Waals surface area (Å²) in [6.07, 6.45) is 4.47. The van der Waals surface area contributed by atoms with E-state index in [1.165, 1.54) is 6.07 Å². The third-order valence-electron chi connectivity index (χ3n) is 5.37. The van der Waals surface area contributed by atoms with Crippen molar-refractivity contribution < 1.29 is 17.6 Å². The summed E-state index contributed by atoms with van der Waals surface area (Å²) in [5, 5.41) is 3.19. The van der Waals surface area contributed by atoms with Crippen LogP contribution in [0.4, 0.5) is 0 Å². The molecule has 8 nitrogen and oxygen atoms in total. The van der Waals surface area contributed by atoms with E-state index in [9.17, 15) is 13.2 Å². The van der Waals surface area contributed by atoms with Crippen LogP contribution in [0.2, 0.25) is 0 Å². The third-order valence-corrected chi connectivity index (χ3v) is 7.95. The maximum atomic E-state index is 12.7. The number of rotatable bonds is 3. The Hall–Kier alpha value is -2.03. The second kappa shape index (κ2) is 7.30. The van der Waals surface area contributed by atoms with Gasteiger partial charge in [-0.1, -0.05) is 19.3 Å². The van der Waals surface area contributed by atoms with Gasteiger partial charge in [0.05, 0.1) is 17.0 Å². The molecule has 1 saturated heterocycles. The van der Waals surface area contributed by atoms with Crippen LogP contribution in [0.5, 0.6) is 0 Å². The number of carbonyl (C=O) groups is 1. The number of nitrogens with zero attached hydrogens (tertiary/aromatic N) is 2. The number of primary amides is 1. The summed E-state index contributed by atoms with van der Waals surface area (Å²) in [6.45, 7) is 1.24. The molecule has 1 amide bonds. The van der Waals surface area contributed by atoms with Gasteiger partial charge in [0.2, 0.25) is 0 Å². The summed E-state index contributed by atoms with van der Waals surface area (Å²) in [5.41, 5.74) is 5.19. The van der Waals surface area contributed by atoms with Crippen molar-refractivity contribution in [3.05, 3.63) is 23.7 Å². The molecule has 2 fully saturated rings. The zero-order valence-electron chi connectivity index (χ0n) is 15.0. The zero-order chi connectivity index (χ0) is 18.8. The van der Waals surface area contributed by atoms with Crippen LogP contribution in [-0.2, 0) is 16.4 Å². The maximum Gasteiger partial charge on any atom is 0.284 e. The average molecular weight is 382 g/mol. The van der Waals surface area contributed by atoms with E-state index >= 15 is 0 Å². The van der Waals surface area contributed by atoms with Crippen LogP contribution < -0.4 is 11.1 Å². The van der Waals surface area contributed by atoms with Crippen molar-refractivity contribution in [2.45, 2.75) is 43.4 Å². The monoisotopic (exact) mass is 382 g/mol. The van der Waals surface area contributed by atoms with Crippen molar-refractivity contribution in [2.24, 2.45) is 10.7 Å². The van der Waals surface area contributed by atoms with Gasteiger partial charge in [-0.3, -0.25) is 9.79 Å². The second-order valence-electron chi connectivity index (χ2n) is 7.02. The van der Waals surface area contributed by atoms with E-state index in [2.05, 4.69) is 10.3 Å². The number of furan rings is 1. The van der Waals surface area contributed by atoms with Crippen molar-refractivity contribution in [3.63, 3.8) is 0 Å². The number of nitrogens with one attached hydrogen (secondary N) is 1. The molecule has 3 rings (SSSR count). The minimum atomic E-state index is -3.09. The van der Waals surface area contributed by atoms with Gasteiger partial charge >= 0.3 is 0 Å². The van der Waals surface area contributed by atoms with Gasteiger partial charge in [0.25, 0.3) is 5.91 Å². The molecule has 1 aliphatic carbocycles. The van der Waals surface area contributed by atoms with Gasteiger partial charge in [0, 0.05) is 20.1 Å². The molecule has 1 aromatic rings. The molecule has 0 radical (unpaired) electrons. The lowest BCUT2D eigenvalue weighted by molar-refractivity contribution is 0.0972. The molecule has 0 unspecified atom stereocenters. The Morgan fingerprint density at radius 1 is 1.35 bits per heavy atom. The van der Waals surface area contributed by atoms with Gasteiger partial charge in [0.15, 0.2) is 21.6 Å². The summed E-state index contributed by atoms with van der Waals surface area (Å²) >= 11 is 0. The summed E-state index contributed by atoms with van der Waals surface area (Å²) in [7, 11) is -1.41. The molecule has 3 N–H and O–H groups in total. The van der Waals surface area contributed by atoms with E-state index in [0.29, 0.717) is 31.4 Å². The Bertz CT molecular complexity index is 793. The largest absolute Gasteiger partial charge is 0.454 e. The number of sulfone groups is 1. The van der Waals surface area contributed by atoms with Crippen LogP contribution in [0.15, 0.2) is 21.5 Å². The van der Waals surface area contributed by atoms with E-state index in [0.717, 1.165) is 32.1 Å².